The van der Waals surface area contributed by atoms with Crippen molar-refractivity contribution >= 4 is 74.3 Å². The van der Waals surface area contributed by atoms with E-state index in [1.807, 2.05) is 0 Å². The minimum Gasteiger partial charge on any atom is -0.311 e. The predicted octanol–water partition coefficient (Wildman–Crippen LogP) is 18.4. The van der Waals surface area contributed by atoms with Gasteiger partial charge in [-0.05, 0) is 200 Å². The van der Waals surface area contributed by atoms with Crippen molar-refractivity contribution in [2.45, 2.75) is 158 Å². The first-order chi connectivity index (χ1) is 35.7. The van der Waals surface area contributed by atoms with Crippen LogP contribution in [0.15, 0.2) is 152 Å². The highest BCUT2D eigenvalue weighted by Crippen LogP contribution is 2.53. The summed E-state index contributed by atoms with van der Waals surface area (Å²) >= 11 is 0. The van der Waals surface area contributed by atoms with Crippen molar-refractivity contribution < 1.29 is 0 Å². The van der Waals surface area contributed by atoms with Gasteiger partial charge in [-0.2, -0.15) is 0 Å². The summed E-state index contributed by atoms with van der Waals surface area (Å²) < 4.78 is 0. The molecule has 0 spiro atoms. The van der Waals surface area contributed by atoms with E-state index in [9.17, 15) is 0 Å². The molecule has 0 atom stereocenters. The van der Waals surface area contributed by atoms with Crippen molar-refractivity contribution in [2.24, 2.45) is 0 Å². The van der Waals surface area contributed by atoms with E-state index in [0.29, 0.717) is 0 Å². The second kappa shape index (κ2) is 17.9. The van der Waals surface area contributed by atoms with E-state index in [0.717, 1.165) is 29.9 Å². The van der Waals surface area contributed by atoms with Crippen molar-refractivity contribution in [1.82, 2.24) is 0 Å². The van der Waals surface area contributed by atoms with Gasteiger partial charge in [0.25, 0.3) is 6.71 Å². The zero-order valence-electron chi connectivity index (χ0n) is 48.8. The normalized spacial score (nSPS) is 15.5. The fourth-order valence-electron chi connectivity index (χ4n) is 13.0. The van der Waals surface area contributed by atoms with Gasteiger partial charge in [-0.3, -0.25) is 0 Å². The van der Waals surface area contributed by atoms with Crippen LogP contribution < -0.4 is 31.1 Å². The molecule has 0 unspecified atom stereocenters. The highest BCUT2D eigenvalue weighted by Gasteiger charge is 2.48. The monoisotopic (exact) mass is 998 g/mol. The first-order valence-electron chi connectivity index (χ1n) is 28.1. The van der Waals surface area contributed by atoms with Crippen molar-refractivity contribution in [1.29, 1.82) is 0 Å². The molecule has 0 amide bonds. The molecular weight excluding hydrogens is 918 g/mol. The van der Waals surface area contributed by atoms with Gasteiger partial charge in [0.15, 0.2) is 0 Å². The van der Waals surface area contributed by atoms with Gasteiger partial charge in [0.1, 0.15) is 0 Å². The number of aryl methyl sites for hydroxylation is 4. The zero-order chi connectivity index (χ0) is 54.2. The highest BCUT2D eigenvalue weighted by atomic mass is 15.2. The maximum Gasteiger partial charge on any atom is 0.252 e. The molecule has 11 rings (SSSR count). The fraction of sp³-hybridized carbons (Fsp3) is 0.333. The Kier molecular flexibility index (Phi) is 12.1. The molecule has 3 nitrogen and oxygen atoms in total. The summed E-state index contributed by atoms with van der Waals surface area (Å²) in [6.07, 6.45) is 2.31. The number of fused-ring (bicyclic) bond motifs is 5. The number of hydrogen-bond acceptors (Lipinski definition) is 3. The second-order valence-electron chi connectivity index (χ2n) is 27.2. The first kappa shape index (κ1) is 51.3. The molecule has 2 heterocycles. The average Bonchev–Trinajstić information content (AvgIpc) is 3.35. The minimum absolute atomic E-state index is 0.00808. The number of anilines is 9. The third-order valence-electron chi connectivity index (χ3n) is 17.6. The Morgan fingerprint density at radius 3 is 1.43 bits per heavy atom. The highest BCUT2D eigenvalue weighted by molar-refractivity contribution is 7.00. The van der Waals surface area contributed by atoms with E-state index in [-0.39, 0.29) is 33.8 Å². The SMILES string of the molecule is Cc1cc(C(C)(C)C)cc(C)c1N1c2cc(N(c3ccc(C(C)(C)C)cc3)c3cccc(-c4ccccc4)c3)ccc2B2c3cc4c(cc3N(c3c(C)cccc3C)c3cc(C(C)(C)C)cc1c32)C(C)(C)CCC4(C)C. The zero-order valence-corrected chi connectivity index (χ0v) is 48.8. The van der Waals surface area contributed by atoms with Crippen LogP contribution >= 0.6 is 0 Å². The molecule has 8 aromatic carbocycles. The van der Waals surface area contributed by atoms with Gasteiger partial charge in [0, 0.05) is 39.8 Å². The lowest BCUT2D eigenvalue weighted by atomic mass is 9.33. The van der Waals surface area contributed by atoms with Crippen molar-refractivity contribution in [3.8, 4) is 11.1 Å². The number of nitrogens with zero attached hydrogens (tertiary/aromatic N) is 3. The summed E-state index contributed by atoms with van der Waals surface area (Å²) in [5.74, 6) is 0. The van der Waals surface area contributed by atoms with Crippen LogP contribution in [0.25, 0.3) is 11.1 Å². The molecule has 0 N–H and O–H groups in total. The fourth-order valence-corrected chi connectivity index (χ4v) is 13.0. The van der Waals surface area contributed by atoms with Gasteiger partial charge in [0.2, 0.25) is 0 Å². The van der Waals surface area contributed by atoms with E-state index >= 15 is 0 Å². The molecule has 8 aromatic rings. The van der Waals surface area contributed by atoms with Crippen LogP contribution in [0.1, 0.15) is 153 Å². The predicted molar refractivity (Wildman–Crippen MR) is 331 cm³/mol. The summed E-state index contributed by atoms with van der Waals surface area (Å²) in [6, 6.07) is 58.9. The van der Waals surface area contributed by atoms with Crippen molar-refractivity contribution in [3.63, 3.8) is 0 Å². The molecule has 76 heavy (non-hydrogen) atoms. The largest absolute Gasteiger partial charge is 0.311 e. The molecule has 3 aliphatic rings. The van der Waals surface area contributed by atoms with Crippen LogP contribution in [-0.2, 0) is 27.1 Å². The van der Waals surface area contributed by atoms with Gasteiger partial charge < -0.3 is 14.7 Å². The molecular formula is C72H80BN3. The molecule has 0 aromatic heterocycles. The molecule has 386 valence electrons. The molecule has 0 fully saturated rings. The molecule has 0 saturated heterocycles. The Bertz CT molecular complexity index is 3550. The maximum absolute atomic E-state index is 2.70. The van der Waals surface area contributed by atoms with E-state index in [2.05, 4.69) is 284 Å². The average molecular weight is 998 g/mol. The Morgan fingerprint density at radius 1 is 0.395 bits per heavy atom. The van der Waals surface area contributed by atoms with Gasteiger partial charge in [0.05, 0.1) is 11.4 Å². The molecule has 2 aliphatic heterocycles. The summed E-state index contributed by atoms with van der Waals surface area (Å²) in [4.78, 5) is 7.89. The lowest BCUT2D eigenvalue weighted by Gasteiger charge is -2.48. The molecule has 0 bridgehead atoms. The summed E-state index contributed by atoms with van der Waals surface area (Å²) in [6.45, 7) is 40.3. The summed E-state index contributed by atoms with van der Waals surface area (Å²) in [5, 5.41) is 0. The van der Waals surface area contributed by atoms with Gasteiger partial charge in [-0.25, -0.2) is 0 Å². The standard InChI is InChI=1S/C72H80BN3/c1-45-23-21-24-46(2)66(45)76-62-44-58-57(71(14,15)35-36-72(58,16)17)43-60(62)73-59-34-33-56(74(54-31-29-51(30-32-54)68(5,6)7)55-28-22-27-50(39-55)49-25-19-18-20-26-49)42-61(59)75(63-40-53(70(11,12)13)41-64(76)65(63)73)67-47(3)37-52(38-48(67)4)69(8,9)10/h18-34,37-44H,35-36H2,1-17H3. The summed E-state index contributed by atoms with van der Waals surface area (Å²) in [7, 11) is 0. The van der Waals surface area contributed by atoms with Crippen LogP contribution in [0.4, 0.5) is 51.2 Å². The molecule has 0 saturated carbocycles. The lowest BCUT2D eigenvalue weighted by Crippen LogP contribution is -2.62. The van der Waals surface area contributed by atoms with Gasteiger partial charge in [-0.15, -0.1) is 0 Å². The van der Waals surface area contributed by atoms with Gasteiger partial charge >= 0.3 is 0 Å². The minimum atomic E-state index is -0.149. The van der Waals surface area contributed by atoms with Gasteiger partial charge in [-0.1, -0.05) is 187 Å². The number of hydrogen-bond donors (Lipinski definition) is 0. The van der Waals surface area contributed by atoms with E-state index in [1.165, 1.54) is 112 Å². The Balaban J connectivity index is 1.27. The van der Waals surface area contributed by atoms with Crippen LogP contribution in [0.2, 0.25) is 0 Å². The molecule has 0 radical (unpaired) electrons. The summed E-state index contributed by atoms with van der Waals surface area (Å²) in [5.41, 5.74) is 29.5. The first-order valence-corrected chi connectivity index (χ1v) is 28.1. The third kappa shape index (κ3) is 8.59. The van der Waals surface area contributed by atoms with Crippen molar-refractivity contribution in [3.05, 3.63) is 202 Å². The third-order valence-corrected chi connectivity index (χ3v) is 17.6. The van der Waals surface area contributed by atoms with Crippen LogP contribution in [0, 0.1) is 27.7 Å². The topological polar surface area (TPSA) is 9.72 Å². The Labute approximate surface area is 457 Å². The van der Waals surface area contributed by atoms with Crippen molar-refractivity contribution in [2.75, 3.05) is 14.7 Å². The molecule has 1 aliphatic carbocycles. The molecule has 4 heteroatoms. The van der Waals surface area contributed by atoms with E-state index in [4.69, 9.17) is 0 Å². The van der Waals surface area contributed by atoms with E-state index in [1.54, 1.807) is 0 Å². The number of benzene rings is 8. The van der Waals surface area contributed by atoms with Crippen LogP contribution in [0.3, 0.4) is 0 Å². The van der Waals surface area contributed by atoms with E-state index < -0.39 is 0 Å². The quantitative estimate of drug-likeness (QED) is 0.154. The lowest BCUT2D eigenvalue weighted by molar-refractivity contribution is 0.332. The van der Waals surface area contributed by atoms with Crippen LogP contribution in [0.5, 0.6) is 0 Å². The smallest absolute Gasteiger partial charge is 0.252 e. The maximum atomic E-state index is 2.70. The van der Waals surface area contributed by atoms with Crippen LogP contribution in [-0.4, -0.2) is 6.71 Å². The number of para-hydroxylation sites is 1. The number of rotatable bonds is 6. The Morgan fingerprint density at radius 2 is 0.868 bits per heavy atom. The second-order valence-corrected chi connectivity index (χ2v) is 27.2. The Hall–Kier alpha value is -6.78.